The van der Waals surface area contributed by atoms with E-state index in [2.05, 4.69) is 23.6 Å². The average molecular weight is 298 g/mol. The van der Waals surface area contributed by atoms with Crippen LogP contribution in [0.25, 0.3) is 0 Å². The fraction of sp³-hybridized carbons (Fsp3) is 0.643. The van der Waals surface area contributed by atoms with Gasteiger partial charge in [-0.2, -0.15) is 0 Å². The Kier molecular flexibility index (Phi) is 4.78. The van der Waals surface area contributed by atoms with E-state index in [1.54, 1.807) is 6.07 Å². The predicted octanol–water partition coefficient (Wildman–Crippen LogP) is 1.68. The number of aliphatic hydroxyl groups is 1. The van der Waals surface area contributed by atoms with E-state index in [1.165, 1.54) is 12.3 Å². The van der Waals surface area contributed by atoms with E-state index >= 15 is 0 Å². The van der Waals surface area contributed by atoms with Gasteiger partial charge < -0.3 is 5.11 Å². The second-order valence-electron chi connectivity index (χ2n) is 5.79. The molecule has 1 saturated carbocycles. The summed E-state index contributed by atoms with van der Waals surface area (Å²) in [4.78, 5) is 3.92. The molecule has 1 aliphatic rings. The minimum Gasteiger partial charge on any atom is -0.392 e. The number of rotatable bonds is 4. The Hall–Kier alpha value is -0.980. The second kappa shape index (κ2) is 6.20. The summed E-state index contributed by atoms with van der Waals surface area (Å²) in [7, 11) is -3.58. The van der Waals surface area contributed by atoms with Gasteiger partial charge >= 0.3 is 0 Å². The van der Waals surface area contributed by atoms with Gasteiger partial charge in [-0.3, -0.25) is 0 Å². The summed E-state index contributed by atoms with van der Waals surface area (Å²) in [6, 6.07) is 2.99. The molecule has 0 radical (unpaired) electrons. The highest BCUT2D eigenvalue weighted by Gasteiger charge is 2.29. The predicted molar refractivity (Wildman–Crippen MR) is 76.4 cm³/mol. The van der Waals surface area contributed by atoms with Crippen LogP contribution >= 0.6 is 0 Å². The van der Waals surface area contributed by atoms with Crippen molar-refractivity contribution in [3.63, 3.8) is 0 Å². The highest BCUT2D eigenvalue weighted by Crippen LogP contribution is 2.29. The standard InChI is InChI=1S/C14H22N2O3S/c1-10-3-5-13(11(2)7-10)16-20(18,19)14-6-4-12(9-17)8-15-14/h4,6,8,10-11,13,16-17H,3,5,7,9H2,1-2H3. The van der Waals surface area contributed by atoms with Crippen molar-refractivity contribution in [3.05, 3.63) is 23.9 Å². The Balaban J connectivity index is 2.10. The number of pyridine rings is 1. The Morgan fingerprint density at radius 2 is 2.10 bits per heavy atom. The van der Waals surface area contributed by atoms with Gasteiger partial charge in [-0.25, -0.2) is 18.1 Å². The lowest BCUT2D eigenvalue weighted by Crippen LogP contribution is -2.42. The Labute approximate surface area is 120 Å². The number of nitrogens with zero attached hydrogens (tertiary/aromatic N) is 1. The molecule has 3 unspecified atom stereocenters. The van der Waals surface area contributed by atoms with Crippen LogP contribution in [0.2, 0.25) is 0 Å². The molecular weight excluding hydrogens is 276 g/mol. The van der Waals surface area contributed by atoms with Crippen molar-refractivity contribution in [3.8, 4) is 0 Å². The monoisotopic (exact) mass is 298 g/mol. The topological polar surface area (TPSA) is 79.3 Å². The summed E-state index contributed by atoms with van der Waals surface area (Å²) in [5.41, 5.74) is 0.601. The summed E-state index contributed by atoms with van der Waals surface area (Å²) in [5.74, 6) is 0.998. The van der Waals surface area contributed by atoms with Crippen molar-refractivity contribution in [2.75, 3.05) is 0 Å². The van der Waals surface area contributed by atoms with Crippen LogP contribution in [0, 0.1) is 11.8 Å². The van der Waals surface area contributed by atoms with Gasteiger partial charge in [0.1, 0.15) is 0 Å². The molecule has 0 saturated heterocycles. The summed E-state index contributed by atoms with van der Waals surface area (Å²) >= 11 is 0. The molecule has 112 valence electrons. The van der Waals surface area contributed by atoms with Crippen LogP contribution in [0.3, 0.4) is 0 Å². The molecule has 6 heteroatoms. The zero-order chi connectivity index (χ0) is 14.8. The lowest BCUT2D eigenvalue weighted by molar-refractivity contribution is 0.249. The van der Waals surface area contributed by atoms with E-state index in [9.17, 15) is 8.42 Å². The van der Waals surface area contributed by atoms with Gasteiger partial charge in [-0.1, -0.05) is 19.9 Å². The normalized spacial score (nSPS) is 27.4. The summed E-state index contributed by atoms with van der Waals surface area (Å²) in [5, 5.41) is 8.96. The fourth-order valence-corrected chi connectivity index (χ4v) is 4.07. The molecule has 0 amide bonds. The van der Waals surface area contributed by atoms with Crippen molar-refractivity contribution in [1.82, 2.24) is 9.71 Å². The van der Waals surface area contributed by atoms with Gasteiger partial charge in [0.15, 0.2) is 5.03 Å². The van der Waals surface area contributed by atoms with Gasteiger partial charge in [-0.05, 0) is 42.7 Å². The third kappa shape index (κ3) is 3.56. The first-order chi connectivity index (χ1) is 9.42. The maximum Gasteiger partial charge on any atom is 0.258 e. The van der Waals surface area contributed by atoms with Crippen LogP contribution < -0.4 is 4.72 Å². The van der Waals surface area contributed by atoms with Gasteiger partial charge in [-0.15, -0.1) is 0 Å². The molecule has 0 spiro atoms. The minimum absolute atomic E-state index is 0.0144. The number of aliphatic hydroxyl groups excluding tert-OH is 1. The highest BCUT2D eigenvalue weighted by molar-refractivity contribution is 7.89. The largest absolute Gasteiger partial charge is 0.392 e. The molecule has 2 N–H and O–H groups in total. The summed E-state index contributed by atoms with van der Waals surface area (Å²) in [6.07, 6.45) is 4.36. The first kappa shape index (κ1) is 15.4. The molecule has 0 bridgehead atoms. The van der Waals surface area contributed by atoms with Crippen molar-refractivity contribution in [2.45, 2.75) is 50.8 Å². The average Bonchev–Trinajstić information content (AvgIpc) is 2.42. The Morgan fingerprint density at radius 1 is 1.35 bits per heavy atom. The number of aromatic nitrogens is 1. The van der Waals surface area contributed by atoms with Gasteiger partial charge in [0.25, 0.3) is 10.0 Å². The first-order valence-corrected chi connectivity index (χ1v) is 8.49. The third-order valence-electron chi connectivity index (χ3n) is 3.99. The van der Waals surface area contributed by atoms with E-state index in [0.717, 1.165) is 19.3 Å². The molecule has 1 aromatic rings. The van der Waals surface area contributed by atoms with Crippen LogP contribution in [0.5, 0.6) is 0 Å². The van der Waals surface area contributed by atoms with Crippen LogP contribution in [0.15, 0.2) is 23.4 Å². The van der Waals surface area contributed by atoms with Crippen molar-refractivity contribution < 1.29 is 13.5 Å². The Morgan fingerprint density at radius 3 is 2.65 bits per heavy atom. The molecule has 1 heterocycles. The van der Waals surface area contributed by atoms with E-state index in [-0.39, 0.29) is 17.7 Å². The Bertz CT molecular complexity index is 542. The van der Waals surface area contributed by atoms with E-state index in [0.29, 0.717) is 17.4 Å². The van der Waals surface area contributed by atoms with Gasteiger partial charge in [0.05, 0.1) is 6.61 Å². The van der Waals surface area contributed by atoms with E-state index < -0.39 is 10.0 Å². The van der Waals surface area contributed by atoms with Crippen molar-refractivity contribution in [1.29, 1.82) is 0 Å². The third-order valence-corrected chi connectivity index (χ3v) is 5.40. The first-order valence-electron chi connectivity index (χ1n) is 7.00. The van der Waals surface area contributed by atoms with Crippen LogP contribution in [0.4, 0.5) is 0 Å². The van der Waals surface area contributed by atoms with Gasteiger partial charge in [0.2, 0.25) is 0 Å². The zero-order valence-corrected chi connectivity index (χ0v) is 12.7. The minimum atomic E-state index is -3.58. The maximum absolute atomic E-state index is 12.3. The number of nitrogens with one attached hydrogen (secondary N) is 1. The molecule has 5 nitrogen and oxygen atoms in total. The van der Waals surface area contributed by atoms with Crippen LogP contribution in [0.1, 0.15) is 38.7 Å². The number of hydrogen-bond donors (Lipinski definition) is 2. The van der Waals surface area contributed by atoms with E-state index in [4.69, 9.17) is 5.11 Å². The molecule has 1 fully saturated rings. The van der Waals surface area contributed by atoms with Crippen LogP contribution in [-0.4, -0.2) is 24.6 Å². The number of hydrogen-bond acceptors (Lipinski definition) is 4. The molecule has 1 aromatic heterocycles. The van der Waals surface area contributed by atoms with E-state index in [1.807, 2.05) is 0 Å². The quantitative estimate of drug-likeness (QED) is 0.886. The summed E-state index contributed by atoms with van der Waals surface area (Å²) in [6.45, 7) is 4.15. The molecule has 20 heavy (non-hydrogen) atoms. The zero-order valence-electron chi connectivity index (χ0n) is 11.9. The van der Waals surface area contributed by atoms with Gasteiger partial charge in [0, 0.05) is 12.2 Å². The lowest BCUT2D eigenvalue weighted by atomic mass is 9.80. The SMILES string of the molecule is CC1CCC(NS(=O)(=O)c2ccc(CO)cn2)C(C)C1. The second-order valence-corrected chi connectivity index (χ2v) is 7.45. The van der Waals surface area contributed by atoms with Crippen molar-refractivity contribution >= 4 is 10.0 Å². The smallest absolute Gasteiger partial charge is 0.258 e. The fourth-order valence-electron chi connectivity index (χ4n) is 2.76. The molecule has 2 rings (SSSR count). The molecule has 3 atom stereocenters. The molecule has 1 aliphatic carbocycles. The molecule has 0 aliphatic heterocycles. The van der Waals surface area contributed by atoms with Crippen molar-refractivity contribution in [2.24, 2.45) is 11.8 Å². The van der Waals surface area contributed by atoms with Crippen LogP contribution in [-0.2, 0) is 16.6 Å². The molecular formula is C14H22N2O3S. The lowest BCUT2D eigenvalue weighted by Gasteiger charge is -2.32. The summed E-state index contributed by atoms with van der Waals surface area (Å²) < 4.78 is 27.3. The maximum atomic E-state index is 12.3. The highest BCUT2D eigenvalue weighted by atomic mass is 32.2. The number of sulfonamides is 1. The molecule has 0 aromatic carbocycles.